The van der Waals surface area contributed by atoms with Crippen molar-refractivity contribution in [1.82, 2.24) is 10.3 Å². The summed E-state index contributed by atoms with van der Waals surface area (Å²) in [5.41, 5.74) is 0.0378. The lowest BCUT2D eigenvalue weighted by molar-refractivity contribution is 0.127. The Bertz CT molecular complexity index is 349. The Hall–Kier alpha value is -0.840. The zero-order valence-electron chi connectivity index (χ0n) is 10.0. The second kappa shape index (κ2) is 5.67. The third-order valence-corrected chi connectivity index (χ3v) is 3.31. The fraction of sp³-hybridized carbons (Fsp3) is 0.583. The fourth-order valence-electron chi connectivity index (χ4n) is 2.21. The highest BCUT2D eigenvalue weighted by molar-refractivity contribution is 6.30. The number of hydrogen-bond acceptors (Lipinski definition) is 4. The largest absolute Gasteiger partial charge is 0.383 e. The molecule has 4 nitrogen and oxygen atoms in total. The maximum Gasteiger partial charge on any atom is 0.126 e. The lowest BCUT2D eigenvalue weighted by Gasteiger charge is -2.29. The summed E-state index contributed by atoms with van der Waals surface area (Å²) in [6.45, 7) is 2.59. The lowest BCUT2D eigenvalue weighted by Crippen LogP contribution is -2.49. The molecule has 0 spiro atoms. The first-order valence-corrected chi connectivity index (χ1v) is 6.21. The number of nitrogens with one attached hydrogen (secondary N) is 2. The van der Waals surface area contributed by atoms with Crippen LogP contribution in [0.3, 0.4) is 0 Å². The standard InChI is InChI=1S/C12H18ClN3O/c1-17-9-12(5-2-6-16-12)8-15-11-4-3-10(13)7-14-11/h3-4,7,16H,2,5-6,8-9H2,1H3,(H,14,15). The van der Waals surface area contributed by atoms with E-state index in [4.69, 9.17) is 16.3 Å². The van der Waals surface area contributed by atoms with E-state index >= 15 is 0 Å². The monoisotopic (exact) mass is 255 g/mol. The van der Waals surface area contributed by atoms with Crippen molar-refractivity contribution in [3.05, 3.63) is 23.4 Å². The summed E-state index contributed by atoms with van der Waals surface area (Å²) in [7, 11) is 1.74. The first-order valence-electron chi connectivity index (χ1n) is 5.83. The molecule has 0 bridgehead atoms. The number of ether oxygens (including phenoxy) is 1. The van der Waals surface area contributed by atoms with E-state index in [1.165, 1.54) is 6.42 Å². The van der Waals surface area contributed by atoms with Crippen LogP contribution in [0.2, 0.25) is 5.02 Å². The molecule has 1 aromatic rings. The Morgan fingerprint density at radius 3 is 3.06 bits per heavy atom. The van der Waals surface area contributed by atoms with Gasteiger partial charge >= 0.3 is 0 Å². The number of pyridine rings is 1. The summed E-state index contributed by atoms with van der Waals surface area (Å²) in [6.07, 6.45) is 3.97. The minimum atomic E-state index is 0.0378. The number of anilines is 1. The van der Waals surface area contributed by atoms with Crippen molar-refractivity contribution < 1.29 is 4.74 Å². The molecule has 2 rings (SSSR count). The molecule has 0 aromatic carbocycles. The Morgan fingerprint density at radius 2 is 2.47 bits per heavy atom. The van der Waals surface area contributed by atoms with Gasteiger partial charge in [-0.15, -0.1) is 0 Å². The molecule has 17 heavy (non-hydrogen) atoms. The van der Waals surface area contributed by atoms with Gasteiger partial charge in [0.2, 0.25) is 0 Å². The van der Waals surface area contributed by atoms with Gasteiger partial charge in [0.05, 0.1) is 17.2 Å². The normalized spacial score (nSPS) is 23.9. The van der Waals surface area contributed by atoms with Crippen molar-refractivity contribution >= 4 is 17.4 Å². The Labute approximate surface area is 107 Å². The summed E-state index contributed by atoms with van der Waals surface area (Å²) in [5, 5.41) is 7.49. The second-order valence-corrected chi connectivity index (χ2v) is 4.90. The minimum Gasteiger partial charge on any atom is -0.383 e. The molecule has 2 heterocycles. The highest BCUT2D eigenvalue weighted by Gasteiger charge is 2.33. The predicted octanol–water partition coefficient (Wildman–Crippen LogP) is 1.92. The van der Waals surface area contributed by atoms with Gasteiger partial charge in [-0.3, -0.25) is 0 Å². The summed E-state index contributed by atoms with van der Waals surface area (Å²) < 4.78 is 5.29. The van der Waals surface area contributed by atoms with E-state index in [0.29, 0.717) is 11.6 Å². The van der Waals surface area contributed by atoms with E-state index in [1.54, 1.807) is 13.3 Å². The highest BCUT2D eigenvalue weighted by atomic mass is 35.5. The maximum absolute atomic E-state index is 5.79. The summed E-state index contributed by atoms with van der Waals surface area (Å²) in [5.74, 6) is 0.846. The zero-order valence-corrected chi connectivity index (χ0v) is 10.8. The first kappa shape index (κ1) is 12.6. The number of rotatable bonds is 5. The number of methoxy groups -OCH3 is 1. The molecule has 1 aliphatic heterocycles. The predicted molar refractivity (Wildman–Crippen MR) is 69.6 cm³/mol. The number of nitrogens with zero attached hydrogens (tertiary/aromatic N) is 1. The topological polar surface area (TPSA) is 46.2 Å². The van der Waals surface area contributed by atoms with E-state index in [0.717, 1.165) is 25.3 Å². The minimum absolute atomic E-state index is 0.0378. The van der Waals surface area contributed by atoms with Crippen molar-refractivity contribution in [2.24, 2.45) is 0 Å². The van der Waals surface area contributed by atoms with Gasteiger partial charge in [-0.1, -0.05) is 11.6 Å². The fourth-order valence-corrected chi connectivity index (χ4v) is 2.32. The average molecular weight is 256 g/mol. The third-order valence-electron chi connectivity index (χ3n) is 3.09. The molecule has 1 atom stereocenters. The van der Waals surface area contributed by atoms with Gasteiger partial charge in [0, 0.05) is 19.9 Å². The summed E-state index contributed by atoms with van der Waals surface area (Å²) in [4.78, 5) is 4.22. The molecule has 1 aliphatic rings. The lowest BCUT2D eigenvalue weighted by atomic mass is 9.99. The molecule has 1 fully saturated rings. The van der Waals surface area contributed by atoms with E-state index < -0.39 is 0 Å². The number of hydrogen-bond donors (Lipinski definition) is 2. The number of aromatic nitrogens is 1. The van der Waals surface area contributed by atoms with E-state index in [-0.39, 0.29) is 5.54 Å². The van der Waals surface area contributed by atoms with Crippen LogP contribution < -0.4 is 10.6 Å². The maximum atomic E-state index is 5.79. The molecular weight excluding hydrogens is 238 g/mol. The molecule has 0 amide bonds. The third kappa shape index (κ3) is 3.31. The van der Waals surface area contributed by atoms with Gasteiger partial charge in [0.25, 0.3) is 0 Å². The van der Waals surface area contributed by atoms with Crippen LogP contribution in [-0.2, 0) is 4.74 Å². The zero-order chi connectivity index (χ0) is 12.1. The van der Waals surface area contributed by atoms with Crippen molar-refractivity contribution in [2.45, 2.75) is 18.4 Å². The molecule has 1 unspecified atom stereocenters. The summed E-state index contributed by atoms with van der Waals surface area (Å²) >= 11 is 5.79. The van der Waals surface area contributed by atoms with Gasteiger partial charge in [-0.2, -0.15) is 0 Å². The smallest absolute Gasteiger partial charge is 0.126 e. The SMILES string of the molecule is COCC1(CNc2ccc(Cl)cn2)CCCN1. The van der Waals surface area contributed by atoms with Crippen LogP contribution in [0.15, 0.2) is 18.3 Å². The molecular formula is C12H18ClN3O. The molecule has 0 saturated carbocycles. The molecule has 1 aromatic heterocycles. The van der Waals surface area contributed by atoms with Crippen molar-refractivity contribution in [2.75, 3.05) is 32.1 Å². The Balaban J connectivity index is 1.93. The van der Waals surface area contributed by atoms with Crippen LogP contribution in [0.25, 0.3) is 0 Å². The van der Waals surface area contributed by atoms with Gasteiger partial charge in [-0.05, 0) is 31.5 Å². The Morgan fingerprint density at radius 1 is 1.59 bits per heavy atom. The van der Waals surface area contributed by atoms with Gasteiger partial charge in [-0.25, -0.2) is 4.98 Å². The van der Waals surface area contributed by atoms with Crippen molar-refractivity contribution in [1.29, 1.82) is 0 Å². The van der Waals surface area contributed by atoms with Gasteiger partial charge in [0.1, 0.15) is 5.82 Å². The van der Waals surface area contributed by atoms with Crippen LogP contribution in [-0.4, -0.2) is 37.3 Å². The van der Waals surface area contributed by atoms with Crippen LogP contribution in [0.5, 0.6) is 0 Å². The van der Waals surface area contributed by atoms with Crippen LogP contribution >= 0.6 is 11.6 Å². The van der Waals surface area contributed by atoms with Gasteiger partial charge < -0.3 is 15.4 Å². The molecule has 0 aliphatic carbocycles. The van der Waals surface area contributed by atoms with E-state index in [9.17, 15) is 0 Å². The molecule has 0 radical (unpaired) electrons. The van der Waals surface area contributed by atoms with Crippen molar-refractivity contribution in [3.63, 3.8) is 0 Å². The molecule has 5 heteroatoms. The van der Waals surface area contributed by atoms with E-state index in [1.807, 2.05) is 12.1 Å². The molecule has 2 N–H and O–H groups in total. The molecule has 94 valence electrons. The van der Waals surface area contributed by atoms with E-state index in [2.05, 4.69) is 15.6 Å². The number of halogens is 1. The second-order valence-electron chi connectivity index (χ2n) is 4.46. The summed E-state index contributed by atoms with van der Waals surface area (Å²) in [6, 6.07) is 3.72. The Kier molecular flexibility index (Phi) is 4.20. The van der Waals surface area contributed by atoms with Gasteiger partial charge in [0.15, 0.2) is 0 Å². The van der Waals surface area contributed by atoms with Crippen LogP contribution in [0.1, 0.15) is 12.8 Å². The van der Waals surface area contributed by atoms with Crippen LogP contribution in [0, 0.1) is 0 Å². The molecule has 1 saturated heterocycles. The highest BCUT2D eigenvalue weighted by Crippen LogP contribution is 2.20. The first-order chi connectivity index (χ1) is 8.24. The quantitative estimate of drug-likeness (QED) is 0.844. The van der Waals surface area contributed by atoms with Crippen molar-refractivity contribution in [3.8, 4) is 0 Å². The average Bonchev–Trinajstić information content (AvgIpc) is 2.78. The van der Waals surface area contributed by atoms with Crippen LogP contribution in [0.4, 0.5) is 5.82 Å².